The molecule has 0 unspecified atom stereocenters. The normalized spacial score (nSPS) is 16.9. The van der Waals surface area contributed by atoms with Crippen LogP contribution in [0.2, 0.25) is 0 Å². The summed E-state index contributed by atoms with van der Waals surface area (Å²) in [6.07, 6.45) is 5.18. The summed E-state index contributed by atoms with van der Waals surface area (Å²) in [7, 11) is 0. The molecule has 0 fully saturated rings. The maximum absolute atomic E-state index is 12.3. The van der Waals surface area contributed by atoms with Crippen LogP contribution < -0.4 is 5.32 Å². The zero-order valence-electron chi connectivity index (χ0n) is 12.2. The number of fused-ring (bicyclic) bond motifs is 3. The number of aromatic nitrogens is 1. The van der Waals surface area contributed by atoms with E-state index in [4.69, 9.17) is 0 Å². The van der Waals surface area contributed by atoms with E-state index in [0.717, 1.165) is 36.2 Å². The summed E-state index contributed by atoms with van der Waals surface area (Å²) in [6.45, 7) is 2.30. The molecule has 1 aromatic carbocycles. The summed E-state index contributed by atoms with van der Waals surface area (Å²) in [4.78, 5) is 23.6. The molecule has 0 atom stereocenters. The SMILES string of the molecule is CC(=O)Nc1cc2c3c(c1)c1c(n3CCC2=O)CCCC1. The molecule has 4 rings (SSSR count). The molecule has 0 spiro atoms. The predicted octanol–water partition coefficient (Wildman–Crippen LogP) is 3.06. The molecule has 4 nitrogen and oxygen atoms in total. The van der Waals surface area contributed by atoms with Crippen LogP contribution in [0.15, 0.2) is 12.1 Å². The lowest BCUT2D eigenvalue weighted by atomic mass is 9.94. The Bertz CT molecular complexity index is 786. The number of carbonyl (C=O) groups is 2. The van der Waals surface area contributed by atoms with Gasteiger partial charge in [-0.2, -0.15) is 0 Å². The maximum atomic E-state index is 12.3. The van der Waals surface area contributed by atoms with Gasteiger partial charge in [0.05, 0.1) is 5.52 Å². The third-order valence-electron chi connectivity index (χ3n) is 4.65. The van der Waals surface area contributed by atoms with Crippen molar-refractivity contribution in [1.82, 2.24) is 4.57 Å². The molecule has 0 saturated carbocycles. The Balaban J connectivity index is 2.04. The van der Waals surface area contributed by atoms with Crippen molar-refractivity contribution in [2.24, 2.45) is 0 Å². The van der Waals surface area contributed by atoms with Crippen LogP contribution >= 0.6 is 0 Å². The summed E-state index contributed by atoms with van der Waals surface area (Å²) >= 11 is 0. The largest absolute Gasteiger partial charge is 0.343 e. The number of rotatable bonds is 1. The van der Waals surface area contributed by atoms with E-state index in [9.17, 15) is 9.59 Å². The van der Waals surface area contributed by atoms with Crippen molar-refractivity contribution in [2.75, 3.05) is 5.32 Å². The summed E-state index contributed by atoms with van der Waals surface area (Å²) in [5.74, 6) is 0.0904. The van der Waals surface area contributed by atoms with Crippen LogP contribution in [-0.2, 0) is 24.2 Å². The van der Waals surface area contributed by atoms with Gasteiger partial charge in [-0.25, -0.2) is 0 Å². The average molecular weight is 282 g/mol. The number of aryl methyl sites for hydroxylation is 2. The second-order valence-corrected chi connectivity index (χ2v) is 6.06. The number of hydrogen-bond donors (Lipinski definition) is 1. The lowest BCUT2D eigenvalue weighted by Crippen LogP contribution is -2.17. The van der Waals surface area contributed by atoms with E-state index in [2.05, 4.69) is 9.88 Å². The van der Waals surface area contributed by atoms with Gasteiger partial charge in [-0.05, 0) is 43.4 Å². The zero-order valence-corrected chi connectivity index (χ0v) is 12.2. The van der Waals surface area contributed by atoms with Crippen LogP contribution in [0.1, 0.15) is 47.8 Å². The fourth-order valence-electron chi connectivity index (χ4n) is 3.85. The van der Waals surface area contributed by atoms with E-state index in [1.165, 1.54) is 36.4 Å². The van der Waals surface area contributed by atoms with Gasteiger partial charge in [0.1, 0.15) is 0 Å². The molecule has 2 aromatic rings. The van der Waals surface area contributed by atoms with E-state index in [-0.39, 0.29) is 11.7 Å². The van der Waals surface area contributed by atoms with Gasteiger partial charge in [0.2, 0.25) is 5.91 Å². The number of nitrogens with one attached hydrogen (secondary N) is 1. The van der Waals surface area contributed by atoms with Gasteiger partial charge in [-0.15, -0.1) is 0 Å². The second kappa shape index (κ2) is 4.45. The molecule has 1 aliphatic carbocycles. The fourth-order valence-corrected chi connectivity index (χ4v) is 3.85. The van der Waals surface area contributed by atoms with Gasteiger partial charge in [0.25, 0.3) is 0 Å². The molecule has 0 saturated heterocycles. The first-order valence-electron chi connectivity index (χ1n) is 7.64. The van der Waals surface area contributed by atoms with Gasteiger partial charge in [-0.3, -0.25) is 9.59 Å². The van der Waals surface area contributed by atoms with Crippen molar-refractivity contribution < 1.29 is 9.59 Å². The highest BCUT2D eigenvalue weighted by Gasteiger charge is 2.27. The van der Waals surface area contributed by atoms with Crippen molar-refractivity contribution in [2.45, 2.75) is 45.6 Å². The fraction of sp³-hybridized carbons (Fsp3) is 0.412. The molecule has 0 bridgehead atoms. The predicted molar refractivity (Wildman–Crippen MR) is 81.8 cm³/mol. The molecular formula is C17H18N2O2. The van der Waals surface area contributed by atoms with E-state index in [1.807, 2.05) is 12.1 Å². The van der Waals surface area contributed by atoms with Crippen molar-refractivity contribution in [3.05, 3.63) is 29.0 Å². The standard InChI is InChI=1S/C17H18N2O2/c1-10(20)18-11-8-13-12-4-2-3-5-15(12)19-7-6-16(21)14(9-11)17(13)19/h8-9H,2-7H2,1H3,(H,18,20). The van der Waals surface area contributed by atoms with Crippen LogP contribution in [0.25, 0.3) is 10.9 Å². The van der Waals surface area contributed by atoms with Crippen LogP contribution in [0.3, 0.4) is 0 Å². The van der Waals surface area contributed by atoms with Crippen LogP contribution in [0.5, 0.6) is 0 Å². The minimum atomic E-state index is -0.0990. The first-order chi connectivity index (χ1) is 10.1. The molecule has 1 amide bonds. The first kappa shape index (κ1) is 12.6. The summed E-state index contributed by atoms with van der Waals surface area (Å²) in [6, 6.07) is 3.88. The Labute approximate surface area is 123 Å². The van der Waals surface area contributed by atoms with Crippen LogP contribution in [0, 0.1) is 0 Å². The summed E-state index contributed by atoms with van der Waals surface area (Å²) in [5.41, 5.74) is 5.40. The van der Waals surface area contributed by atoms with Crippen LogP contribution in [0.4, 0.5) is 5.69 Å². The molecule has 2 aliphatic rings. The zero-order chi connectivity index (χ0) is 14.6. The molecule has 4 heteroatoms. The second-order valence-electron chi connectivity index (χ2n) is 6.06. The molecule has 1 N–H and O–H groups in total. The van der Waals surface area contributed by atoms with Gasteiger partial charge in [0.15, 0.2) is 5.78 Å². The Morgan fingerprint density at radius 3 is 2.81 bits per heavy atom. The van der Waals surface area contributed by atoms with Crippen molar-refractivity contribution in [3.63, 3.8) is 0 Å². The number of amides is 1. The lowest BCUT2D eigenvalue weighted by Gasteiger charge is -2.19. The van der Waals surface area contributed by atoms with Crippen molar-refractivity contribution in [3.8, 4) is 0 Å². The highest BCUT2D eigenvalue weighted by atomic mass is 16.1. The summed E-state index contributed by atoms with van der Waals surface area (Å²) in [5, 5.41) is 4.00. The number of carbonyl (C=O) groups excluding carboxylic acids is 2. The minimum absolute atomic E-state index is 0.0990. The molecule has 0 radical (unpaired) electrons. The van der Waals surface area contributed by atoms with E-state index >= 15 is 0 Å². The number of nitrogens with zero attached hydrogens (tertiary/aromatic N) is 1. The third kappa shape index (κ3) is 1.82. The smallest absolute Gasteiger partial charge is 0.221 e. The summed E-state index contributed by atoms with van der Waals surface area (Å²) < 4.78 is 2.35. The van der Waals surface area contributed by atoms with E-state index in [0.29, 0.717) is 6.42 Å². The number of anilines is 1. The Hall–Kier alpha value is -2.10. The topological polar surface area (TPSA) is 51.1 Å². The number of ketones is 1. The van der Waals surface area contributed by atoms with Gasteiger partial charge >= 0.3 is 0 Å². The average Bonchev–Trinajstić information content (AvgIpc) is 2.78. The quantitative estimate of drug-likeness (QED) is 0.874. The van der Waals surface area contributed by atoms with E-state index in [1.54, 1.807) is 0 Å². The highest BCUT2D eigenvalue weighted by Crippen LogP contribution is 2.38. The first-order valence-corrected chi connectivity index (χ1v) is 7.64. The van der Waals surface area contributed by atoms with E-state index < -0.39 is 0 Å². The Morgan fingerprint density at radius 2 is 2.00 bits per heavy atom. The maximum Gasteiger partial charge on any atom is 0.221 e. The van der Waals surface area contributed by atoms with Crippen LogP contribution in [-0.4, -0.2) is 16.3 Å². The molecule has 21 heavy (non-hydrogen) atoms. The van der Waals surface area contributed by atoms with Gasteiger partial charge in [-0.1, -0.05) is 0 Å². The monoisotopic (exact) mass is 282 g/mol. The van der Waals surface area contributed by atoms with Crippen molar-refractivity contribution >= 4 is 28.3 Å². The third-order valence-corrected chi connectivity index (χ3v) is 4.65. The molecule has 2 heterocycles. The molecular weight excluding hydrogens is 264 g/mol. The molecule has 1 aliphatic heterocycles. The number of Topliss-reactive ketones (excluding diaryl/α,β-unsaturated/α-hetero) is 1. The molecule has 108 valence electrons. The number of hydrogen-bond acceptors (Lipinski definition) is 2. The van der Waals surface area contributed by atoms with Gasteiger partial charge < -0.3 is 9.88 Å². The number of benzene rings is 1. The van der Waals surface area contributed by atoms with Gasteiger partial charge in [0, 0.05) is 42.2 Å². The minimum Gasteiger partial charge on any atom is -0.343 e. The lowest BCUT2D eigenvalue weighted by molar-refractivity contribution is -0.114. The Kier molecular flexibility index (Phi) is 2.67. The van der Waals surface area contributed by atoms with Crippen molar-refractivity contribution in [1.29, 1.82) is 0 Å². The highest BCUT2D eigenvalue weighted by molar-refractivity contribution is 6.11. The molecule has 1 aromatic heterocycles. The Morgan fingerprint density at radius 1 is 1.19 bits per heavy atom.